The standard InChI is InChI=1S/C15H13BrClFO2/c1-8-5-14(20-2)11(7-12(8)16)15(19)10-4-3-9(18)6-13(10)17/h3-7,15,19H,1-2H3. The third-order valence-corrected chi connectivity index (χ3v) is 4.24. The van der Waals surface area contributed by atoms with Crippen molar-refractivity contribution in [3.05, 3.63) is 62.3 Å². The van der Waals surface area contributed by atoms with Crippen molar-refractivity contribution >= 4 is 27.5 Å². The number of aryl methyl sites for hydroxylation is 1. The van der Waals surface area contributed by atoms with Gasteiger partial charge in [0.25, 0.3) is 0 Å². The topological polar surface area (TPSA) is 29.5 Å². The van der Waals surface area contributed by atoms with Crippen molar-refractivity contribution in [2.75, 3.05) is 7.11 Å². The molecule has 0 aromatic heterocycles. The number of methoxy groups -OCH3 is 1. The van der Waals surface area contributed by atoms with Crippen molar-refractivity contribution in [2.45, 2.75) is 13.0 Å². The Labute approximate surface area is 130 Å². The number of rotatable bonds is 3. The molecule has 1 atom stereocenters. The average molecular weight is 360 g/mol. The molecule has 5 heteroatoms. The summed E-state index contributed by atoms with van der Waals surface area (Å²) in [6, 6.07) is 7.50. The van der Waals surface area contributed by atoms with E-state index in [0.29, 0.717) is 16.9 Å². The van der Waals surface area contributed by atoms with Crippen LogP contribution < -0.4 is 4.74 Å². The third kappa shape index (κ3) is 2.97. The number of aliphatic hydroxyl groups excluding tert-OH is 1. The van der Waals surface area contributed by atoms with Gasteiger partial charge in [0, 0.05) is 20.6 Å². The summed E-state index contributed by atoms with van der Waals surface area (Å²) in [7, 11) is 1.53. The molecule has 0 radical (unpaired) electrons. The Morgan fingerprint density at radius 3 is 2.55 bits per heavy atom. The van der Waals surface area contributed by atoms with E-state index in [1.54, 1.807) is 6.07 Å². The van der Waals surface area contributed by atoms with Crippen molar-refractivity contribution in [1.29, 1.82) is 0 Å². The van der Waals surface area contributed by atoms with Crippen LogP contribution in [0.5, 0.6) is 5.75 Å². The van der Waals surface area contributed by atoms with Gasteiger partial charge in [0.15, 0.2) is 0 Å². The van der Waals surface area contributed by atoms with E-state index in [1.165, 1.54) is 25.3 Å². The SMILES string of the molecule is COc1cc(C)c(Br)cc1C(O)c1ccc(F)cc1Cl. The van der Waals surface area contributed by atoms with Crippen LogP contribution in [0.4, 0.5) is 4.39 Å². The summed E-state index contributed by atoms with van der Waals surface area (Å²) in [6.07, 6.45) is -0.991. The molecule has 2 rings (SSSR count). The van der Waals surface area contributed by atoms with E-state index in [2.05, 4.69) is 15.9 Å². The molecule has 0 fully saturated rings. The highest BCUT2D eigenvalue weighted by atomic mass is 79.9. The molecular formula is C15H13BrClFO2. The summed E-state index contributed by atoms with van der Waals surface area (Å²) < 4.78 is 19.2. The van der Waals surface area contributed by atoms with Gasteiger partial charge in [0.1, 0.15) is 17.7 Å². The van der Waals surface area contributed by atoms with Crippen LogP contribution in [0.1, 0.15) is 22.8 Å². The van der Waals surface area contributed by atoms with Crippen LogP contribution in [0.25, 0.3) is 0 Å². The molecule has 0 aliphatic carbocycles. The number of halogens is 3. The average Bonchev–Trinajstić information content (AvgIpc) is 2.40. The number of ether oxygens (including phenoxy) is 1. The van der Waals surface area contributed by atoms with Gasteiger partial charge in [-0.2, -0.15) is 0 Å². The molecule has 0 aliphatic rings. The maximum atomic E-state index is 13.1. The molecule has 0 saturated carbocycles. The highest BCUT2D eigenvalue weighted by molar-refractivity contribution is 9.10. The smallest absolute Gasteiger partial charge is 0.125 e. The molecule has 2 nitrogen and oxygen atoms in total. The zero-order valence-electron chi connectivity index (χ0n) is 11.0. The fraction of sp³-hybridized carbons (Fsp3) is 0.200. The van der Waals surface area contributed by atoms with Crippen LogP contribution >= 0.6 is 27.5 Å². The Kier molecular flexibility index (Phi) is 4.68. The van der Waals surface area contributed by atoms with Crippen LogP contribution in [0.3, 0.4) is 0 Å². The fourth-order valence-corrected chi connectivity index (χ4v) is 2.58. The molecule has 1 unspecified atom stereocenters. The molecular weight excluding hydrogens is 347 g/mol. The van der Waals surface area contributed by atoms with E-state index in [-0.39, 0.29) is 5.02 Å². The largest absolute Gasteiger partial charge is 0.496 e. The minimum Gasteiger partial charge on any atom is -0.496 e. The van der Waals surface area contributed by atoms with Gasteiger partial charge < -0.3 is 9.84 Å². The molecule has 2 aromatic rings. The lowest BCUT2D eigenvalue weighted by Crippen LogP contribution is -2.04. The van der Waals surface area contributed by atoms with Crippen molar-refractivity contribution < 1.29 is 14.2 Å². The maximum Gasteiger partial charge on any atom is 0.125 e. The number of hydrogen-bond donors (Lipinski definition) is 1. The highest BCUT2D eigenvalue weighted by Crippen LogP contribution is 2.36. The molecule has 0 spiro atoms. The van der Waals surface area contributed by atoms with Crippen LogP contribution in [0.2, 0.25) is 5.02 Å². The first-order valence-electron chi connectivity index (χ1n) is 5.91. The van der Waals surface area contributed by atoms with E-state index >= 15 is 0 Å². The Hall–Kier alpha value is -1.10. The van der Waals surface area contributed by atoms with Crippen LogP contribution in [-0.2, 0) is 0 Å². The van der Waals surface area contributed by atoms with Gasteiger partial charge in [-0.1, -0.05) is 33.6 Å². The van der Waals surface area contributed by atoms with Gasteiger partial charge in [-0.3, -0.25) is 0 Å². The van der Waals surface area contributed by atoms with Gasteiger partial charge in [0.2, 0.25) is 0 Å². The van der Waals surface area contributed by atoms with E-state index in [4.69, 9.17) is 16.3 Å². The normalized spacial score (nSPS) is 12.3. The third-order valence-electron chi connectivity index (χ3n) is 3.06. The van der Waals surface area contributed by atoms with Crippen molar-refractivity contribution in [2.24, 2.45) is 0 Å². The van der Waals surface area contributed by atoms with Crippen molar-refractivity contribution in [1.82, 2.24) is 0 Å². The monoisotopic (exact) mass is 358 g/mol. The van der Waals surface area contributed by atoms with Gasteiger partial charge in [0.05, 0.1) is 7.11 Å². The van der Waals surface area contributed by atoms with E-state index in [1.807, 2.05) is 13.0 Å². The summed E-state index contributed by atoms with van der Waals surface area (Å²) >= 11 is 9.41. The molecule has 0 amide bonds. The van der Waals surface area contributed by atoms with E-state index in [0.717, 1.165) is 10.0 Å². The minimum atomic E-state index is -0.991. The minimum absolute atomic E-state index is 0.177. The number of benzene rings is 2. The Morgan fingerprint density at radius 2 is 1.95 bits per heavy atom. The zero-order chi connectivity index (χ0) is 14.9. The second-order valence-corrected chi connectivity index (χ2v) is 5.67. The summed E-state index contributed by atoms with van der Waals surface area (Å²) in [5, 5.41) is 10.7. The molecule has 2 aromatic carbocycles. The van der Waals surface area contributed by atoms with Gasteiger partial charge in [-0.25, -0.2) is 4.39 Å². The highest BCUT2D eigenvalue weighted by Gasteiger charge is 2.19. The maximum absolute atomic E-state index is 13.1. The summed E-state index contributed by atoms with van der Waals surface area (Å²) in [5.41, 5.74) is 1.99. The van der Waals surface area contributed by atoms with Gasteiger partial charge in [-0.15, -0.1) is 0 Å². The first-order chi connectivity index (χ1) is 9.43. The quantitative estimate of drug-likeness (QED) is 0.865. The van der Waals surface area contributed by atoms with Gasteiger partial charge in [-0.05, 0) is 36.8 Å². The Bertz CT molecular complexity index is 646. The molecule has 0 aliphatic heterocycles. The van der Waals surface area contributed by atoms with Crippen molar-refractivity contribution in [3.8, 4) is 5.75 Å². The van der Waals surface area contributed by atoms with Gasteiger partial charge >= 0.3 is 0 Å². The van der Waals surface area contributed by atoms with Crippen molar-refractivity contribution in [3.63, 3.8) is 0 Å². The number of aliphatic hydroxyl groups is 1. The molecule has 0 bridgehead atoms. The van der Waals surface area contributed by atoms with E-state index < -0.39 is 11.9 Å². The predicted octanol–water partition coefficient (Wildman–Crippen LogP) is 4.64. The van der Waals surface area contributed by atoms with Crippen LogP contribution in [0.15, 0.2) is 34.8 Å². The lowest BCUT2D eigenvalue weighted by atomic mass is 9.99. The molecule has 20 heavy (non-hydrogen) atoms. The van der Waals surface area contributed by atoms with E-state index in [9.17, 15) is 9.50 Å². The van der Waals surface area contributed by atoms with Crippen LogP contribution in [0, 0.1) is 12.7 Å². The summed E-state index contributed by atoms with van der Waals surface area (Å²) in [4.78, 5) is 0. The second-order valence-electron chi connectivity index (χ2n) is 4.41. The predicted molar refractivity (Wildman–Crippen MR) is 80.9 cm³/mol. The number of hydrogen-bond acceptors (Lipinski definition) is 2. The molecule has 106 valence electrons. The first kappa shape index (κ1) is 15.3. The Balaban J connectivity index is 2.52. The molecule has 0 saturated heterocycles. The first-order valence-corrected chi connectivity index (χ1v) is 7.08. The fourth-order valence-electron chi connectivity index (χ4n) is 1.95. The molecule has 0 heterocycles. The Morgan fingerprint density at radius 1 is 1.25 bits per heavy atom. The summed E-state index contributed by atoms with van der Waals surface area (Å²) in [6.45, 7) is 1.92. The zero-order valence-corrected chi connectivity index (χ0v) is 13.3. The lowest BCUT2D eigenvalue weighted by molar-refractivity contribution is 0.214. The summed E-state index contributed by atoms with van der Waals surface area (Å²) in [5.74, 6) is 0.113. The second kappa shape index (κ2) is 6.12. The molecule has 1 N–H and O–H groups in total. The lowest BCUT2D eigenvalue weighted by Gasteiger charge is -2.18. The van der Waals surface area contributed by atoms with Crippen LogP contribution in [-0.4, -0.2) is 12.2 Å².